The molecule has 1 atom stereocenters. The van der Waals surface area contributed by atoms with E-state index in [-0.39, 0.29) is 0 Å². The highest BCUT2D eigenvalue weighted by atomic mass is 32.7. The van der Waals surface area contributed by atoms with Gasteiger partial charge in [-0.15, -0.1) is 0 Å². The van der Waals surface area contributed by atoms with Crippen LogP contribution in [-0.4, -0.2) is 6.61 Å². The van der Waals surface area contributed by atoms with Crippen LogP contribution in [0.4, 0.5) is 0 Å². The molecule has 0 amide bonds. The lowest BCUT2D eigenvalue weighted by molar-refractivity contribution is 0.346. The molecule has 0 radical (unpaired) electrons. The Hall–Kier alpha value is -1.02. The molecule has 0 heterocycles. The highest BCUT2D eigenvalue weighted by Gasteiger charge is 2.14. The fraction of sp³-hybridized carbons (Fsp3) is 0.143. The van der Waals surface area contributed by atoms with Crippen LogP contribution in [-0.2, 0) is 4.52 Å². The van der Waals surface area contributed by atoms with Gasteiger partial charge < -0.3 is 9.05 Å². The smallest absolute Gasteiger partial charge is 0.303 e. The SMILES string of the molecule is CCOP(Oc1ccccc1)Sc1ccccc1. The third-order valence-corrected chi connectivity index (χ3v) is 5.16. The summed E-state index contributed by atoms with van der Waals surface area (Å²) in [5, 5.41) is 0. The second kappa shape index (κ2) is 7.42. The fourth-order valence-electron chi connectivity index (χ4n) is 1.31. The Kier molecular flexibility index (Phi) is 5.53. The first-order valence-corrected chi connectivity index (χ1v) is 8.37. The summed E-state index contributed by atoms with van der Waals surface area (Å²) in [6.45, 7) is 2.63. The summed E-state index contributed by atoms with van der Waals surface area (Å²) in [7, 11) is -0.997. The number of benzene rings is 2. The normalized spacial score (nSPS) is 12.1. The second-order valence-corrected chi connectivity index (χ2v) is 6.43. The molecule has 0 N–H and O–H groups in total. The maximum atomic E-state index is 5.86. The third-order valence-electron chi connectivity index (χ3n) is 2.08. The Labute approximate surface area is 113 Å². The number of hydrogen-bond donors (Lipinski definition) is 0. The van der Waals surface area contributed by atoms with Gasteiger partial charge in [0.25, 0.3) is 0 Å². The van der Waals surface area contributed by atoms with Crippen LogP contribution < -0.4 is 4.52 Å². The van der Waals surface area contributed by atoms with E-state index in [1.54, 1.807) is 11.4 Å². The molecule has 2 nitrogen and oxygen atoms in total. The van der Waals surface area contributed by atoms with Crippen LogP contribution in [0.5, 0.6) is 5.75 Å². The molecule has 4 heteroatoms. The maximum Gasteiger partial charge on any atom is 0.303 e. The van der Waals surface area contributed by atoms with Gasteiger partial charge in [-0.2, -0.15) is 0 Å². The number of rotatable bonds is 6. The molecular weight excluding hydrogens is 263 g/mol. The van der Waals surface area contributed by atoms with Crippen LogP contribution in [0.3, 0.4) is 0 Å². The lowest BCUT2D eigenvalue weighted by atomic mass is 10.3. The number of hydrogen-bond acceptors (Lipinski definition) is 3. The van der Waals surface area contributed by atoms with E-state index in [0.29, 0.717) is 6.61 Å². The molecule has 0 saturated heterocycles. The second-order valence-electron chi connectivity index (χ2n) is 3.45. The molecule has 0 saturated carbocycles. The Morgan fingerprint density at radius 3 is 2.17 bits per heavy atom. The van der Waals surface area contributed by atoms with Crippen molar-refractivity contribution in [1.82, 2.24) is 0 Å². The molecule has 0 aliphatic heterocycles. The summed E-state index contributed by atoms with van der Waals surface area (Å²) >= 11 is 1.63. The van der Waals surface area contributed by atoms with Gasteiger partial charge in [0.2, 0.25) is 0 Å². The van der Waals surface area contributed by atoms with Crippen molar-refractivity contribution < 1.29 is 9.05 Å². The summed E-state index contributed by atoms with van der Waals surface area (Å²) in [5.74, 6) is 0.848. The Morgan fingerprint density at radius 1 is 0.944 bits per heavy atom. The van der Waals surface area contributed by atoms with Crippen molar-refractivity contribution in [2.45, 2.75) is 11.8 Å². The van der Waals surface area contributed by atoms with E-state index >= 15 is 0 Å². The molecule has 0 fully saturated rings. The van der Waals surface area contributed by atoms with Crippen molar-refractivity contribution in [2.24, 2.45) is 0 Å². The Bertz CT molecular complexity index is 408. The van der Waals surface area contributed by atoms with E-state index in [0.717, 1.165) is 10.6 Å². The molecule has 0 aliphatic rings. The standard InChI is InChI=1S/C14H15O2PS/c1-2-15-17(16-13-9-5-3-6-10-13)18-14-11-7-4-8-12-14/h3-12H,2H2,1H3. The van der Waals surface area contributed by atoms with Crippen molar-refractivity contribution in [2.75, 3.05) is 6.61 Å². The molecule has 0 aliphatic carbocycles. The minimum atomic E-state index is -0.997. The quantitative estimate of drug-likeness (QED) is 0.683. The first kappa shape index (κ1) is 13.4. The molecule has 2 aromatic rings. The van der Waals surface area contributed by atoms with Gasteiger partial charge in [0, 0.05) is 4.90 Å². The fourth-order valence-corrected chi connectivity index (χ4v) is 4.14. The third kappa shape index (κ3) is 4.34. The molecule has 0 bridgehead atoms. The van der Waals surface area contributed by atoms with Crippen molar-refractivity contribution >= 4 is 19.0 Å². The van der Waals surface area contributed by atoms with Crippen molar-refractivity contribution in [3.8, 4) is 5.75 Å². The van der Waals surface area contributed by atoms with Crippen LogP contribution in [0.1, 0.15) is 6.92 Å². The van der Waals surface area contributed by atoms with Crippen LogP contribution in [0.15, 0.2) is 65.6 Å². The topological polar surface area (TPSA) is 18.5 Å². The van der Waals surface area contributed by atoms with Crippen LogP contribution in [0.25, 0.3) is 0 Å². The van der Waals surface area contributed by atoms with Gasteiger partial charge in [0.05, 0.1) is 6.61 Å². The zero-order valence-corrected chi connectivity index (χ0v) is 11.9. The van der Waals surface area contributed by atoms with Gasteiger partial charge in [-0.25, -0.2) is 0 Å². The average molecular weight is 278 g/mol. The zero-order chi connectivity index (χ0) is 12.6. The lowest BCUT2D eigenvalue weighted by Gasteiger charge is -2.16. The highest BCUT2D eigenvalue weighted by molar-refractivity contribution is 8.53. The summed E-state index contributed by atoms with van der Waals surface area (Å²) in [4.78, 5) is 1.16. The van der Waals surface area contributed by atoms with E-state index < -0.39 is 7.58 Å². The summed E-state index contributed by atoms with van der Waals surface area (Å²) in [5.41, 5.74) is 0. The molecule has 2 aromatic carbocycles. The van der Waals surface area contributed by atoms with E-state index in [1.807, 2.05) is 55.5 Å². The lowest BCUT2D eigenvalue weighted by Crippen LogP contribution is -1.89. The van der Waals surface area contributed by atoms with Gasteiger partial charge >= 0.3 is 7.58 Å². The maximum absolute atomic E-state index is 5.86. The highest BCUT2D eigenvalue weighted by Crippen LogP contribution is 2.55. The molecule has 2 rings (SSSR count). The monoisotopic (exact) mass is 278 g/mol. The molecule has 1 unspecified atom stereocenters. The summed E-state index contributed by atoms with van der Waals surface area (Å²) in [6, 6.07) is 19.9. The van der Waals surface area contributed by atoms with Gasteiger partial charge in [-0.3, -0.25) is 0 Å². The van der Waals surface area contributed by atoms with Crippen LogP contribution in [0, 0.1) is 0 Å². The molecule has 0 aromatic heterocycles. The van der Waals surface area contributed by atoms with E-state index in [4.69, 9.17) is 9.05 Å². The van der Waals surface area contributed by atoms with Gasteiger partial charge in [0.15, 0.2) is 0 Å². The van der Waals surface area contributed by atoms with E-state index in [2.05, 4.69) is 12.1 Å². The number of para-hydroxylation sites is 1. The van der Waals surface area contributed by atoms with E-state index in [9.17, 15) is 0 Å². The first-order chi connectivity index (χ1) is 8.88. The van der Waals surface area contributed by atoms with Gasteiger partial charge in [-0.05, 0) is 42.6 Å². The summed E-state index contributed by atoms with van der Waals surface area (Å²) < 4.78 is 11.5. The van der Waals surface area contributed by atoms with Gasteiger partial charge in [-0.1, -0.05) is 36.4 Å². The van der Waals surface area contributed by atoms with Crippen LogP contribution >= 0.6 is 19.0 Å². The van der Waals surface area contributed by atoms with E-state index in [1.165, 1.54) is 0 Å². The molecule has 18 heavy (non-hydrogen) atoms. The Morgan fingerprint density at radius 2 is 1.56 bits per heavy atom. The zero-order valence-electron chi connectivity index (χ0n) is 10.2. The first-order valence-electron chi connectivity index (χ1n) is 5.77. The van der Waals surface area contributed by atoms with Crippen molar-refractivity contribution in [1.29, 1.82) is 0 Å². The minimum Gasteiger partial charge on any atom is -0.439 e. The average Bonchev–Trinajstić information content (AvgIpc) is 2.41. The van der Waals surface area contributed by atoms with Crippen LogP contribution in [0.2, 0.25) is 0 Å². The molecule has 0 spiro atoms. The van der Waals surface area contributed by atoms with Gasteiger partial charge in [0.1, 0.15) is 5.75 Å². The largest absolute Gasteiger partial charge is 0.439 e. The minimum absolute atomic E-state index is 0.651. The molecular formula is C14H15O2PS. The Balaban J connectivity index is 2.00. The van der Waals surface area contributed by atoms with Crippen molar-refractivity contribution in [3.05, 3.63) is 60.7 Å². The predicted octanol–water partition coefficient (Wildman–Crippen LogP) is 5.12. The predicted molar refractivity (Wildman–Crippen MR) is 77.9 cm³/mol. The van der Waals surface area contributed by atoms with Crippen molar-refractivity contribution in [3.63, 3.8) is 0 Å². The molecule has 94 valence electrons. The summed E-state index contributed by atoms with van der Waals surface area (Å²) in [6.07, 6.45) is 0.